The Morgan fingerprint density at radius 1 is 1.24 bits per heavy atom. The van der Waals surface area contributed by atoms with Crippen molar-refractivity contribution in [3.05, 3.63) is 41.3 Å². The monoisotopic (exact) mass is 308 g/mol. The number of aromatic amines is 1. The van der Waals surface area contributed by atoms with Gasteiger partial charge in [0, 0.05) is 24.1 Å². The van der Waals surface area contributed by atoms with E-state index in [4.69, 9.17) is 0 Å². The van der Waals surface area contributed by atoms with Crippen LogP contribution >= 0.6 is 0 Å². The second-order valence-corrected chi connectivity index (χ2v) is 6.60. The molecule has 0 radical (unpaired) electrons. The van der Waals surface area contributed by atoms with Gasteiger partial charge in [0.15, 0.2) is 0 Å². The first-order valence-electron chi connectivity index (χ1n) is 6.77. The van der Waals surface area contributed by atoms with Crippen molar-refractivity contribution < 1.29 is 8.42 Å². The Kier molecular flexibility index (Phi) is 4.64. The Hall–Kier alpha value is -1.86. The van der Waals surface area contributed by atoms with Crippen molar-refractivity contribution in [1.82, 2.24) is 15.3 Å². The number of nitrogens with one attached hydrogen (secondary N) is 3. The van der Waals surface area contributed by atoms with E-state index in [1.165, 1.54) is 6.20 Å². The molecule has 0 atom stereocenters. The van der Waals surface area contributed by atoms with E-state index in [1.54, 1.807) is 12.1 Å². The SMILES string of the molecule is CCNCc1cc(S(=O)(=O)Nc2cc(C)cc(C)n2)c[nH]1. The molecule has 21 heavy (non-hydrogen) atoms. The number of hydrogen-bond acceptors (Lipinski definition) is 4. The van der Waals surface area contributed by atoms with Crippen molar-refractivity contribution in [3.63, 3.8) is 0 Å². The van der Waals surface area contributed by atoms with Gasteiger partial charge in [0.05, 0.1) is 0 Å². The predicted octanol–water partition coefficient (Wildman–Crippen LogP) is 1.94. The third-order valence-electron chi connectivity index (χ3n) is 2.93. The van der Waals surface area contributed by atoms with Gasteiger partial charge in [0.2, 0.25) is 0 Å². The maximum absolute atomic E-state index is 12.3. The molecule has 2 aromatic heterocycles. The molecule has 2 aromatic rings. The second kappa shape index (κ2) is 6.28. The lowest BCUT2D eigenvalue weighted by Crippen LogP contribution is -2.14. The average molecular weight is 308 g/mol. The number of H-pyrrole nitrogens is 1. The van der Waals surface area contributed by atoms with Crippen LogP contribution in [0.25, 0.3) is 0 Å². The number of aromatic nitrogens is 2. The van der Waals surface area contributed by atoms with Gasteiger partial charge in [-0.25, -0.2) is 13.4 Å². The van der Waals surface area contributed by atoms with Crippen molar-refractivity contribution in [2.45, 2.75) is 32.2 Å². The lowest BCUT2D eigenvalue weighted by Gasteiger charge is -2.07. The molecule has 3 N–H and O–H groups in total. The molecule has 0 aliphatic rings. The maximum atomic E-state index is 12.3. The topological polar surface area (TPSA) is 86.9 Å². The summed E-state index contributed by atoms with van der Waals surface area (Å²) in [6.07, 6.45) is 1.48. The molecule has 6 nitrogen and oxygen atoms in total. The highest BCUT2D eigenvalue weighted by molar-refractivity contribution is 7.92. The molecule has 0 aliphatic carbocycles. The summed E-state index contributed by atoms with van der Waals surface area (Å²) in [5.74, 6) is 0.335. The Morgan fingerprint density at radius 2 is 2.00 bits per heavy atom. The van der Waals surface area contributed by atoms with Crippen LogP contribution in [0.4, 0.5) is 5.82 Å². The van der Waals surface area contributed by atoms with Crippen LogP contribution in [0.3, 0.4) is 0 Å². The fraction of sp³-hybridized carbons (Fsp3) is 0.357. The highest BCUT2D eigenvalue weighted by Gasteiger charge is 2.17. The van der Waals surface area contributed by atoms with Crippen LogP contribution in [0.1, 0.15) is 23.9 Å². The minimum Gasteiger partial charge on any atom is -0.363 e. The molecule has 0 aromatic carbocycles. The molecular weight excluding hydrogens is 288 g/mol. The van der Waals surface area contributed by atoms with E-state index in [0.29, 0.717) is 12.4 Å². The quantitative estimate of drug-likeness (QED) is 0.761. The van der Waals surface area contributed by atoms with E-state index >= 15 is 0 Å². The van der Waals surface area contributed by atoms with Gasteiger partial charge >= 0.3 is 0 Å². The Labute approximate surface area is 125 Å². The van der Waals surface area contributed by atoms with Crippen molar-refractivity contribution in [1.29, 1.82) is 0 Å². The Morgan fingerprint density at radius 3 is 2.67 bits per heavy atom. The summed E-state index contributed by atoms with van der Waals surface area (Å²) >= 11 is 0. The summed E-state index contributed by atoms with van der Waals surface area (Å²) in [7, 11) is -3.62. The summed E-state index contributed by atoms with van der Waals surface area (Å²) in [4.78, 5) is 7.35. The summed E-state index contributed by atoms with van der Waals surface area (Å²) in [5.41, 5.74) is 2.56. The van der Waals surface area contributed by atoms with E-state index in [0.717, 1.165) is 23.5 Å². The number of hydrogen-bond donors (Lipinski definition) is 3. The van der Waals surface area contributed by atoms with Crippen molar-refractivity contribution >= 4 is 15.8 Å². The Bertz CT molecular complexity index is 702. The summed E-state index contributed by atoms with van der Waals surface area (Å²) in [6.45, 7) is 7.15. The molecule has 0 unspecified atom stereocenters. The van der Waals surface area contributed by atoms with E-state index < -0.39 is 10.0 Å². The summed E-state index contributed by atoms with van der Waals surface area (Å²) in [5, 5.41) is 3.14. The van der Waals surface area contributed by atoms with Crippen LogP contribution in [-0.4, -0.2) is 24.9 Å². The number of nitrogens with zero attached hydrogens (tertiary/aromatic N) is 1. The van der Waals surface area contributed by atoms with Crippen LogP contribution in [0.15, 0.2) is 29.3 Å². The summed E-state index contributed by atoms with van der Waals surface area (Å²) in [6, 6.07) is 5.22. The fourth-order valence-electron chi connectivity index (χ4n) is 2.03. The van der Waals surface area contributed by atoms with Crippen LogP contribution < -0.4 is 10.0 Å². The molecular formula is C14H20N4O2S. The molecule has 114 valence electrons. The third kappa shape index (κ3) is 4.05. The fourth-order valence-corrected chi connectivity index (χ4v) is 3.04. The van der Waals surface area contributed by atoms with Crippen molar-refractivity contribution in [3.8, 4) is 0 Å². The van der Waals surface area contributed by atoms with Crippen LogP contribution in [-0.2, 0) is 16.6 Å². The lowest BCUT2D eigenvalue weighted by atomic mass is 10.2. The van der Waals surface area contributed by atoms with E-state index in [-0.39, 0.29) is 4.90 Å². The van der Waals surface area contributed by atoms with E-state index in [2.05, 4.69) is 20.0 Å². The molecule has 0 saturated carbocycles. The molecule has 0 aliphatic heterocycles. The number of rotatable bonds is 6. The zero-order valence-electron chi connectivity index (χ0n) is 12.4. The average Bonchev–Trinajstić information content (AvgIpc) is 2.84. The highest BCUT2D eigenvalue weighted by Crippen LogP contribution is 2.17. The van der Waals surface area contributed by atoms with Gasteiger partial charge in [0.1, 0.15) is 10.7 Å². The molecule has 0 saturated heterocycles. The molecule has 0 fully saturated rings. The normalized spacial score (nSPS) is 11.6. The largest absolute Gasteiger partial charge is 0.363 e. The molecule has 0 amide bonds. The molecule has 2 heterocycles. The number of anilines is 1. The first-order valence-corrected chi connectivity index (χ1v) is 8.25. The van der Waals surface area contributed by atoms with Gasteiger partial charge in [-0.05, 0) is 44.2 Å². The standard InChI is InChI=1S/C14H20N4O2S/c1-4-15-8-12-7-13(9-16-12)21(19,20)18-14-6-10(2)5-11(3)17-14/h5-7,9,15-16H,4,8H2,1-3H3,(H,17,18). The van der Waals surface area contributed by atoms with Gasteiger partial charge in [-0.15, -0.1) is 0 Å². The lowest BCUT2D eigenvalue weighted by molar-refractivity contribution is 0.601. The molecule has 0 bridgehead atoms. The molecule has 2 rings (SSSR count). The van der Waals surface area contributed by atoms with Gasteiger partial charge in [-0.1, -0.05) is 6.92 Å². The van der Waals surface area contributed by atoms with Gasteiger partial charge < -0.3 is 10.3 Å². The minimum atomic E-state index is -3.62. The van der Waals surface area contributed by atoms with E-state index in [9.17, 15) is 8.42 Å². The Balaban J connectivity index is 2.19. The van der Waals surface area contributed by atoms with Crippen LogP contribution in [0.2, 0.25) is 0 Å². The maximum Gasteiger partial charge on any atom is 0.264 e. The zero-order chi connectivity index (χ0) is 15.5. The van der Waals surface area contributed by atoms with Crippen LogP contribution in [0, 0.1) is 13.8 Å². The highest BCUT2D eigenvalue weighted by atomic mass is 32.2. The third-order valence-corrected chi connectivity index (χ3v) is 4.26. The van der Waals surface area contributed by atoms with E-state index in [1.807, 2.05) is 26.8 Å². The van der Waals surface area contributed by atoms with Crippen molar-refractivity contribution in [2.75, 3.05) is 11.3 Å². The second-order valence-electron chi connectivity index (χ2n) is 4.92. The predicted molar refractivity (Wildman–Crippen MR) is 82.7 cm³/mol. The van der Waals surface area contributed by atoms with Gasteiger partial charge in [-0.2, -0.15) is 0 Å². The minimum absolute atomic E-state index is 0.205. The number of pyridine rings is 1. The van der Waals surface area contributed by atoms with Crippen LogP contribution in [0.5, 0.6) is 0 Å². The first kappa shape index (κ1) is 15.5. The molecule has 7 heteroatoms. The zero-order valence-corrected chi connectivity index (χ0v) is 13.2. The number of sulfonamides is 1. The summed E-state index contributed by atoms with van der Waals surface area (Å²) < 4.78 is 27.1. The first-order chi connectivity index (χ1) is 9.90. The smallest absolute Gasteiger partial charge is 0.264 e. The van der Waals surface area contributed by atoms with Crippen molar-refractivity contribution in [2.24, 2.45) is 0 Å². The number of aryl methyl sites for hydroxylation is 2. The molecule has 0 spiro atoms. The van der Waals surface area contributed by atoms with Gasteiger partial charge in [0.25, 0.3) is 10.0 Å². The van der Waals surface area contributed by atoms with Gasteiger partial charge in [-0.3, -0.25) is 4.72 Å².